The molecular weight excluding hydrogens is 467 g/mol. The second kappa shape index (κ2) is 9.68. The Kier molecular flexibility index (Phi) is 7.14. The summed E-state index contributed by atoms with van der Waals surface area (Å²) in [7, 11) is -10.5. The van der Waals surface area contributed by atoms with Crippen molar-refractivity contribution in [2.24, 2.45) is 0 Å². The lowest BCUT2D eigenvalue weighted by Gasteiger charge is -2.30. The van der Waals surface area contributed by atoms with E-state index in [2.05, 4.69) is 0 Å². The lowest BCUT2D eigenvalue weighted by atomic mass is 10.2. The maximum Gasteiger partial charge on any atom is 0.357 e. The number of hydrogen-bond acceptors (Lipinski definition) is 6. The smallest absolute Gasteiger partial charge is 0.357 e. The van der Waals surface area contributed by atoms with E-state index in [1.807, 2.05) is 0 Å². The topological polar surface area (TPSA) is 94.6 Å². The van der Waals surface area contributed by atoms with E-state index in [1.165, 1.54) is 42.5 Å². The van der Waals surface area contributed by atoms with Crippen molar-refractivity contribution < 1.29 is 30.8 Å². The summed E-state index contributed by atoms with van der Waals surface area (Å²) < 4.78 is 72.0. The molecular formula is C24H21FO6S2. The standard InChI is InChI=1S/C24H21FO6S2/c1-19(26)31-23(18-17-20-11-5-2-6-12-20)24(25,32(27,28)21-13-7-3-8-14-21)33(29,30)22-15-9-4-10-16-22/h2-18,23H,1H3/b18-17-. The van der Waals surface area contributed by atoms with Gasteiger partial charge in [-0.2, -0.15) is 0 Å². The fraction of sp³-hybridized carbons (Fsp3) is 0.125. The number of ether oxygens (including phenoxy) is 1. The molecule has 0 amide bonds. The summed E-state index contributed by atoms with van der Waals surface area (Å²) in [6.07, 6.45) is -0.0775. The minimum Gasteiger partial charge on any atom is -0.452 e. The Labute approximate surface area is 192 Å². The molecule has 0 aliphatic carbocycles. The predicted molar refractivity (Wildman–Crippen MR) is 122 cm³/mol. The molecule has 3 aromatic carbocycles. The Bertz CT molecular complexity index is 1270. The molecule has 0 bridgehead atoms. The number of carbonyl (C=O) groups excluding carboxylic acids is 1. The van der Waals surface area contributed by atoms with Crippen molar-refractivity contribution >= 4 is 31.7 Å². The number of carbonyl (C=O) groups is 1. The molecule has 172 valence electrons. The van der Waals surface area contributed by atoms with Crippen LogP contribution in [0.4, 0.5) is 4.39 Å². The predicted octanol–water partition coefficient (Wildman–Crippen LogP) is 4.20. The highest BCUT2D eigenvalue weighted by molar-refractivity contribution is 8.10. The van der Waals surface area contributed by atoms with Gasteiger partial charge < -0.3 is 4.74 Å². The molecule has 9 heteroatoms. The summed E-state index contributed by atoms with van der Waals surface area (Å²) in [5.74, 6) is -1.05. The highest BCUT2D eigenvalue weighted by atomic mass is 32.3. The summed E-state index contributed by atoms with van der Waals surface area (Å²) in [6.45, 7) is 0.939. The molecule has 0 saturated carbocycles. The highest BCUT2D eigenvalue weighted by Gasteiger charge is 2.63. The van der Waals surface area contributed by atoms with E-state index in [4.69, 9.17) is 4.74 Å². The van der Waals surface area contributed by atoms with Crippen LogP contribution in [0.1, 0.15) is 12.5 Å². The first-order valence-electron chi connectivity index (χ1n) is 9.79. The van der Waals surface area contributed by atoms with Gasteiger partial charge in [0.15, 0.2) is 6.10 Å². The normalized spacial score (nSPS) is 13.5. The molecule has 33 heavy (non-hydrogen) atoms. The van der Waals surface area contributed by atoms with E-state index >= 15 is 4.39 Å². The fourth-order valence-corrected chi connectivity index (χ4v) is 7.41. The molecule has 3 aromatic rings. The third kappa shape index (κ3) is 4.74. The van der Waals surface area contributed by atoms with E-state index in [0.717, 1.165) is 37.3 Å². The fourth-order valence-electron chi connectivity index (χ4n) is 3.14. The van der Waals surface area contributed by atoms with Gasteiger partial charge in [0.25, 0.3) is 0 Å². The first kappa shape index (κ1) is 24.3. The summed E-state index contributed by atoms with van der Waals surface area (Å²) in [5.41, 5.74) is 0.520. The molecule has 0 aliphatic heterocycles. The van der Waals surface area contributed by atoms with Gasteiger partial charge in [0, 0.05) is 6.92 Å². The van der Waals surface area contributed by atoms with Gasteiger partial charge in [-0.15, -0.1) is 0 Å². The van der Waals surface area contributed by atoms with Crippen LogP contribution in [-0.4, -0.2) is 33.2 Å². The summed E-state index contributed by atoms with van der Waals surface area (Å²) >= 11 is 0. The van der Waals surface area contributed by atoms with Gasteiger partial charge in [-0.1, -0.05) is 72.8 Å². The summed E-state index contributed by atoms with van der Waals surface area (Å²) in [4.78, 5) is 10.7. The average Bonchev–Trinajstić information content (AvgIpc) is 2.82. The maximum absolute atomic E-state index is 16.9. The number of benzene rings is 3. The Morgan fingerprint density at radius 3 is 1.58 bits per heavy atom. The van der Waals surface area contributed by atoms with Crippen molar-refractivity contribution in [3.05, 3.63) is 103 Å². The van der Waals surface area contributed by atoms with Crippen molar-refractivity contribution in [2.75, 3.05) is 0 Å². The van der Waals surface area contributed by atoms with E-state index in [9.17, 15) is 21.6 Å². The third-order valence-electron chi connectivity index (χ3n) is 4.74. The Balaban J connectivity index is 2.30. The van der Waals surface area contributed by atoms with Crippen molar-refractivity contribution in [3.63, 3.8) is 0 Å². The van der Waals surface area contributed by atoms with Crippen LogP contribution < -0.4 is 0 Å². The number of hydrogen-bond donors (Lipinski definition) is 0. The zero-order valence-electron chi connectivity index (χ0n) is 17.5. The van der Waals surface area contributed by atoms with Crippen LogP contribution in [0.3, 0.4) is 0 Å². The maximum atomic E-state index is 16.9. The van der Waals surface area contributed by atoms with Gasteiger partial charge in [0.05, 0.1) is 9.79 Å². The molecule has 0 heterocycles. The number of alkyl halides is 1. The lowest BCUT2D eigenvalue weighted by Crippen LogP contribution is -2.52. The molecule has 0 fully saturated rings. The van der Waals surface area contributed by atoms with Gasteiger partial charge >= 0.3 is 10.3 Å². The zero-order chi connectivity index (χ0) is 24.1. The van der Waals surface area contributed by atoms with Gasteiger partial charge in [0.2, 0.25) is 19.7 Å². The van der Waals surface area contributed by atoms with Crippen LogP contribution in [0.25, 0.3) is 6.08 Å². The second-order valence-corrected chi connectivity index (χ2v) is 11.4. The minimum absolute atomic E-state index is 0.520. The number of halogens is 1. The molecule has 0 saturated heterocycles. The monoisotopic (exact) mass is 488 g/mol. The quantitative estimate of drug-likeness (QED) is 0.441. The van der Waals surface area contributed by atoms with Crippen LogP contribution in [0.5, 0.6) is 0 Å². The molecule has 0 aliphatic rings. The minimum atomic E-state index is -5.24. The highest BCUT2D eigenvalue weighted by Crippen LogP contribution is 2.41. The van der Waals surface area contributed by atoms with Crippen LogP contribution in [-0.2, 0) is 29.2 Å². The summed E-state index contributed by atoms with van der Waals surface area (Å²) in [6, 6.07) is 21.1. The molecule has 6 nitrogen and oxygen atoms in total. The lowest BCUT2D eigenvalue weighted by molar-refractivity contribution is -0.146. The van der Waals surface area contributed by atoms with E-state index in [0.29, 0.717) is 5.56 Å². The van der Waals surface area contributed by atoms with Crippen LogP contribution >= 0.6 is 0 Å². The zero-order valence-corrected chi connectivity index (χ0v) is 19.2. The number of rotatable bonds is 8. The Morgan fingerprint density at radius 1 is 0.788 bits per heavy atom. The molecule has 1 atom stereocenters. The van der Waals surface area contributed by atoms with Crippen molar-refractivity contribution in [1.82, 2.24) is 0 Å². The van der Waals surface area contributed by atoms with E-state index in [1.54, 1.807) is 30.3 Å². The molecule has 1 unspecified atom stereocenters. The molecule has 3 rings (SSSR count). The SMILES string of the molecule is CC(=O)OC(/C=C\c1ccccc1)C(F)(S(=O)(=O)c1ccccc1)S(=O)(=O)c1ccccc1. The largest absolute Gasteiger partial charge is 0.452 e. The molecule has 0 radical (unpaired) electrons. The van der Waals surface area contributed by atoms with Crippen LogP contribution in [0.15, 0.2) is 107 Å². The number of esters is 1. The number of sulfone groups is 2. The van der Waals surface area contributed by atoms with Gasteiger partial charge in [-0.25, -0.2) is 21.2 Å². The van der Waals surface area contributed by atoms with Gasteiger partial charge in [-0.05, 0) is 35.9 Å². The second-order valence-electron chi connectivity index (χ2n) is 7.02. The van der Waals surface area contributed by atoms with E-state index < -0.39 is 45.9 Å². The first-order chi connectivity index (χ1) is 15.6. The summed E-state index contributed by atoms with van der Waals surface area (Å²) in [5, 5.41) is 0. The van der Waals surface area contributed by atoms with Crippen LogP contribution in [0, 0.1) is 0 Å². The van der Waals surface area contributed by atoms with Gasteiger partial charge in [-0.3, -0.25) is 4.79 Å². The molecule has 0 aromatic heterocycles. The Morgan fingerprint density at radius 2 is 1.18 bits per heavy atom. The third-order valence-corrected chi connectivity index (χ3v) is 9.77. The van der Waals surface area contributed by atoms with Gasteiger partial charge in [0.1, 0.15) is 0 Å². The first-order valence-corrected chi connectivity index (χ1v) is 12.8. The van der Waals surface area contributed by atoms with E-state index in [-0.39, 0.29) is 0 Å². The van der Waals surface area contributed by atoms with Crippen molar-refractivity contribution in [1.29, 1.82) is 0 Å². The molecule has 0 N–H and O–H groups in total. The Hall–Kier alpha value is -3.30. The van der Waals surface area contributed by atoms with Crippen LogP contribution in [0.2, 0.25) is 0 Å². The molecule has 0 spiro atoms. The van der Waals surface area contributed by atoms with Crippen molar-refractivity contribution in [3.8, 4) is 0 Å². The van der Waals surface area contributed by atoms with Crippen molar-refractivity contribution in [2.45, 2.75) is 27.2 Å². The average molecular weight is 489 g/mol.